The zero-order chi connectivity index (χ0) is 17.1. The first-order valence-electron chi connectivity index (χ1n) is 7.75. The van der Waals surface area contributed by atoms with Crippen molar-refractivity contribution in [3.63, 3.8) is 0 Å². The molecule has 1 aliphatic heterocycles. The molecule has 9 heteroatoms. The van der Waals surface area contributed by atoms with Crippen LogP contribution in [0, 0.1) is 10.1 Å². The summed E-state index contributed by atoms with van der Waals surface area (Å²) in [7, 11) is 0. The summed E-state index contributed by atoms with van der Waals surface area (Å²) < 4.78 is 0. The number of non-ortho nitro benzene ring substituents is 1. The molecule has 2 aromatic rings. The van der Waals surface area contributed by atoms with Crippen LogP contribution >= 0.6 is 0 Å². The van der Waals surface area contributed by atoms with E-state index >= 15 is 0 Å². The molecule has 1 fully saturated rings. The van der Waals surface area contributed by atoms with Gasteiger partial charge in [0, 0.05) is 43.6 Å². The number of rotatable bonds is 5. The second-order valence-electron chi connectivity index (χ2n) is 5.65. The van der Waals surface area contributed by atoms with Gasteiger partial charge in [0.05, 0.1) is 10.4 Å². The number of nitro groups is 1. The number of hydrogen-bond acceptors (Lipinski definition) is 5. The lowest BCUT2D eigenvalue weighted by molar-refractivity contribution is -0.384. The summed E-state index contributed by atoms with van der Waals surface area (Å²) in [5.74, 6) is -0.439. The molecule has 2 amide bonds. The largest absolute Gasteiger partial charge is 0.350 e. The zero-order valence-electron chi connectivity index (χ0n) is 12.9. The van der Waals surface area contributed by atoms with Crippen LogP contribution in [0.5, 0.6) is 0 Å². The Morgan fingerprint density at radius 2 is 2.08 bits per heavy atom. The van der Waals surface area contributed by atoms with Crippen LogP contribution in [0.3, 0.4) is 0 Å². The van der Waals surface area contributed by atoms with Gasteiger partial charge in [-0.25, -0.2) is 0 Å². The van der Waals surface area contributed by atoms with E-state index < -0.39 is 10.8 Å². The fourth-order valence-electron chi connectivity index (χ4n) is 2.78. The van der Waals surface area contributed by atoms with E-state index in [9.17, 15) is 19.7 Å². The smallest absolute Gasteiger partial charge is 0.272 e. The summed E-state index contributed by atoms with van der Waals surface area (Å²) in [4.78, 5) is 36.3. The minimum absolute atomic E-state index is 0.0234. The number of hydrogen-bond donors (Lipinski definition) is 2. The summed E-state index contributed by atoms with van der Waals surface area (Å²) in [6.45, 7) is 1.76. The number of nitrogens with zero attached hydrogens (tertiary/aromatic N) is 3. The quantitative estimate of drug-likeness (QED) is 0.630. The normalized spacial score (nSPS) is 14.1. The van der Waals surface area contributed by atoms with Gasteiger partial charge < -0.3 is 10.2 Å². The van der Waals surface area contributed by atoms with Gasteiger partial charge in [-0.1, -0.05) is 0 Å². The lowest BCUT2D eigenvalue weighted by atomic mass is 10.2. The van der Waals surface area contributed by atoms with Gasteiger partial charge in [0.1, 0.15) is 0 Å². The number of aromatic nitrogens is 2. The molecule has 3 rings (SSSR count). The molecular weight excluding hydrogens is 314 g/mol. The number of benzene rings is 1. The van der Waals surface area contributed by atoms with E-state index in [1.54, 1.807) is 4.90 Å². The molecule has 2 N–H and O–H groups in total. The standard InChI is InChI=1S/C15H17N5O4/c21-13(19-7-1-2-8-19)5-6-16-15(22)14-11-9-10(20(23)24)3-4-12(11)17-18-14/h3-4,9H,1-2,5-8H2,(H,16,22)(H,17,18). The third-order valence-electron chi connectivity index (χ3n) is 4.06. The second-order valence-corrected chi connectivity index (χ2v) is 5.65. The van der Waals surface area contributed by atoms with E-state index in [0.717, 1.165) is 25.9 Å². The fraction of sp³-hybridized carbons (Fsp3) is 0.400. The predicted molar refractivity (Wildman–Crippen MR) is 85.5 cm³/mol. The van der Waals surface area contributed by atoms with Gasteiger partial charge in [-0.3, -0.25) is 24.8 Å². The van der Waals surface area contributed by atoms with Crippen molar-refractivity contribution < 1.29 is 14.5 Å². The van der Waals surface area contributed by atoms with Crippen LogP contribution in [-0.2, 0) is 4.79 Å². The van der Waals surface area contributed by atoms with Crippen LogP contribution in [0.2, 0.25) is 0 Å². The number of likely N-dealkylation sites (tertiary alicyclic amines) is 1. The molecule has 0 bridgehead atoms. The van der Waals surface area contributed by atoms with E-state index in [1.807, 2.05) is 0 Å². The van der Waals surface area contributed by atoms with Crippen LogP contribution in [0.4, 0.5) is 5.69 Å². The average Bonchev–Trinajstić information content (AvgIpc) is 3.23. The van der Waals surface area contributed by atoms with Crippen molar-refractivity contribution in [3.8, 4) is 0 Å². The molecule has 9 nitrogen and oxygen atoms in total. The zero-order valence-corrected chi connectivity index (χ0v) is 12.9. The Labute approximate surface area is 137 Å². The summed E-state index contributed by atoms with van der Waals surface area (Å²) in [5.41, 5.74) is 0.517. The predicted octanol–water partition coefficient (Wildman–Crippen LogP) is 1.21. The number of H-pyrrole nitrogens is 1. The number of carbonyl (C=O) groups is 2. The lowest BCUT2D eigenvalue weighted by Gasteiger charge is -2.14. The van der Waals surface area contributed by atoms with Crippen molar-refractivity contribution in [1.82, 2.24) is 20.4 Å². The molecule has 126 valence electrons. The highest BCUT2D eigenvalue weighted by molar-refractivity contribution is 6.05. The van der Waals surface area contributed by atoms with Gasteiger partial charge in [-0.15, -0.1) is 0 Å². The van der Waals surface area contributed by atoms with Crippen molar-refractivity contribution in [2.24, 2.45) is 0 Å². The third-order valence-corrected chi connectivity index (χ3v) is 4.06. The Morgan fingerprint density at radius 3 is 2.79 bits per heavy atom. The molecule has 1 aliphatic rings. The number of aromatic amines is 1. The molecule has 0 atom stereocenters. The van der Waals surface area contributed by atoms with Crippen molar-refractivity contribution in [3.05, 3.63) is 34.0 Å². The van der Waals surface area contributed by atoms with Crippen molar-refractivity contribution in [2.45, 2.75) is 19.3 Å². The van der Waals surface area contributed by atoms with Crippen LogP contribution in [0.25, 0.3) is 10.9 Å². The first-order valence-corrected chi connectivity index (χ1v) is 7.75. The number of carbonyl (C=O) groups excluding carboxylic acids is 2. The molecule has 1 aromatic heterocycles. The summed E-state index contributed by atoms with van der Waals surface area (Å²) in [5, 5.41) is 20.5. The lowest BCUT2D eigenvalue weighted by Crippen LogP contribution is -2.32. The van der Waals surface area contributed by atoms with Crippen molar-refractivity contribution in [2.75, 3.05) is 19.6 Å². The molecule has 0 saturated carbocycles. The number of nitro benzene ring substituents is 1. The molecule has 0 aliphatic carbocycles. The van der Waals surface area contributed by atoms with Gasteiger partial charge in [-0.05, 0) is 18.9 Å². The summed E-state index contributed by atoms with van der Waals surface area (Å²) in [6, 6.07) is 4.16. The maximum Gasteiger partial charge on any atom is 0.272 e. The molecule has 1 aromatic carbocycles. The highest BCUT2D eigenvalue weighted by Gasteiger charge is 2.19. The van der Waals surface area contributed by atoms with Gasteiger partial charge in [0.25, 0.3) is 11.6 Å². The second kappa shape index (κ2) is 6.65. The van der Waals surface area contributed by atoms with E-state index in [-0.39, 0.29) is 30.3 Å². The van der Waals surface area contributed by atoms with Crippen LogP contribution < -0.4 is 5.32 Å². The fourth-order valence-corrected chi connectivity index (χ4v) is 2.78. The van der Waals surface area contributed by atoms with Gasteiger partial charge in [0.15, 0.2) is 5.69 Å². The van der Waals surface area contributed by atoms with Gasteiger partial charge in [-0.2, -0.15) is 5.10 Å². The van der Waals surface area contributed by atoms with Crippen LogP contribution in [-0.4, -0.2) is 51.5 Å². The average molecular weight is 331 g/mol. The molecule has 0 radical (unpaired) electrons. The minimum Gasteiger partial charge on any atom is -0.350 e. The Hall–Kier alpha value is -2.97. The SMILES string of the molecule is O=C(NCCC(=O)N1CCCC1)c1n[nH]c2ccc([N+](=O)[O-])cc12. The molecule has 24 heavy (non-hydrogen) atoms. The Bertz CT molecular complexity index is 794. The number of nitrogens with one attached hydrogen (secondary N) is 2. The molecule has 1 saturated heterocycles. The molecular formula is C15H17N5O4. The number of fused-ring (bicyclic) bond motifs is 1. The number of amides is 2. The topological polar surface area (TPSA) is 121 Å². The highest BCUT2D eigenvalue weighted by atomic mass is 16.6. The Balaban J connectivity index is 1.64. The third kappa shape index (κ3) is 3.19. The van der Waals surface area contributed by atoms with E-state index in [4.69, 9.17) is 0 Å². The maximum atomic E-state index is 12.2. The summed E-state index contributed by atoms with van der Waals surface area (Å²) >= 11 is 0. The van der Waals surface area contributed by atoms with Crippen LogP contribution in [0.1, 0.15) is 29.8 Å². The van der Waals surface area contributed by atoms with Gasteiger partial charge in [0.2, 0.25) is 5.91 Å². The van der Waals surface area contributed by atoms with E-state index in [2.05, 4.69) is 15.5 Å². The van der Waals surface area contributed by atoms with Crippen molar-refractivity contribution >= 4 is 28.4 Å². The molecule has 0 unspecified atom stereocenters. The minimum atomic E-state index is -0.525. The van der Waals surface area contributed by atoms with E-state index in [0.29, 0.717) is 10.9 Å². The first-order chi connectivity index (χ1) is 11.6. The molecule has 2 heterocycles. The Morgan fingerprint density at radius 1 is 1.33 bits per heavy atom. The van der Waals surface area contributed by atoms with Gasteiger partial charge >= 0.3 is 0 Å². The maximum absolute atomic E-state index is 12.2. The molecule has 0 spiro atoms. The Kier molecular flexibility index (Phi) is 4.41. The summed E-state index contributed by atoms with van der Waals surface area (Å²) in [6.07, 6.45) is 2.28. The van der Waals surface area contributed by atoms with E-state index in [1.165, 1.54) is 18.2 Å². The van der Waals surface area contributed by atoms with Crippen LogP contribution in [0.15, 0.2) is 18.2 Å². The van der Waals surface area contributed by atoms with Crippen molar-refractivity contribution in [1.29, 1.82) is 0 Å². The first kappa shape index (κ1) is 15.9. The highest BCUT2D eigenvalue weighted by Crippen LogP contribution is 2.22. The monoisotopic (exact) mass is 331 g/mol.